The molecule has 0 aliphatic carbocycles. The Morgan fingerprint density at radius 3 is 1.93 bits per heavy atom. The van der Waals surface area contributed by atoms with Crippen LogP contribution in [-0.2, 0) is 14.3 Å². The summed E-state index contributed by atoms with van der Waals surface area (Å²) in [6.07, 6.45) is 0.565. The second-order valence-electron chi connectivity index (χ2n) is 2.40. The quantitative estimate of drug-likeness (QED) is 0.657. The molecule has 0 amide bonds. The van der Waals surface area contributed by atoms with Crippen molar-refractivity contribution in [1.29, 1.82) is 0 Å². The minimum atomic E-state index is -1.07. The van der Waals surface area contributed by atoms with E-state index in [1.54, 1.807) is 0 Å². The van der Waals surface area contributed by atoms with Gasteiger partial charge in [0.05, 0.1) is 0 Å². The maximum absolute atomic E-state index is 10.1. The van der Waals surface area contributed by atoms with Gasteiger partial charge in [-0.1, -0.05) is 13.8 Å². The van der Waals surface area contributed by atoms with E-state index in [0.29, 0.717) is 6.29 Å². The van der Waals surface area contributed by atoms with Crippen LogP contribution in [0.4, 0.5) is 0 Å². The first kappa shape index (κ1) is 24.9. The number of carboxylic acids is 1. The van der Waals surface area contributed by atoms with Crippen molar-refractivity contribution in [1.82, 2.24) is 0 Å². The standard InChI is InChI=1S/C6H10O4.C2H6.CH4N.Rb/c1-6(2,4-7)10-3-5(8)9;2*1-2;/h4H,3H2,1-2H3,(H,8,9);1-2H3;2H,1H3;/q;;-1;+1. The van der Waals surface area contributed by atoms with Crippen LogP contribution in [0.25, 0.3) is 5.73 Å². The van der Waals surface area contributed by atoms with Gasteiger partial charge in [0, 0.05) is 0 Å². The van der Waals surface area contributed by atoms with E-state index in [9.17, 15) is 9.59 Å². The van der Waals surface area contributed by atoms with Gasteiger partial charge in [-0.05, 0) is 13.8 Å². The predicted octanol–water partition coefficient (Wildman–Crippen LogP) is -1.24. The minimum absolute atomic E-state index is 0. The number of nitrogens with one attached hydrogen (secondary N) is 1. The van der Waals surface area contributed by atoms with E-state index in [4.69, 9.17) is 10.8 Å². The molecule has 0 saturated carbocycles. The van der Waals surface area contributed by atoms with Gasteiger partial charge in [0.1, 0.15) is 12.2 Å². The van der Waals surface area contributed by atoms with E-state index < -0.39 is 18.2 Å². The number of carboxylic acid groups (broad SMARTS) is 1. The third-order valence-electron chi connectivity index (χ3n) is 0.851. The maximum atomic E-state index is 10.1. The van der Waals surface area contributed by atoms with Crippen molar-refractivity contribution >= 4 is 12.3 Å². The van der Waals surface area contributed by atoms with Crippen LogP contribution >= 0.6 is 0 Å². The molecule has 15 heavy (non-hydrogen) atoms. The number of hydrogen-bond donors (Lipinski definition) is 1. The number of aliphatic carboxylic acids is 1. The molecule has 0 fully saturated rings. The Balaban J connectivity index is -0.000000107. The molecule has 0 aliphatic rings. The van der Waals surface area contributed by atoms with Crippen molar-refractivity contribution in [3.8, 4) is 0 Å². The van der Waals surface area contributed by atoms with Crippen LogP contribution in [0.1, 0.15) is 27.7 Å². The molecule has 0 aromatic heterocycles. The Kier molecular flexibility index (Phi) is 28.7. The maximum Gasteiger partial charge on any atom is 1.00 e. The Bertz CT molecular complexity index is 151. The van der Waals surface area contributed by atoms with E-state index in [2.05, 4.69) is 4.74 Å². The molecule has 0 aromatic rings. The van der Waals surface area contributed by atoms with E-state index in [0.717, 1.165) is 0 Å². The van der Waals surface area contributed by atoms with Crippen LogP contribution < -0.4 is 58.2 Å². The number of carbonyl (C=O) groups excluding carboxylic acids is 1. The molecule has 0 spiro atoms. The summed E-state index contributed by atoms with van der Waals surface area (Å²) < 4.78 is 4.67. The average Bonchev–Trinajstić information content (AvgIpc) is 2.21. The molecule has 0 atom stereocenters. The van der Waals surface area contributed by atoms with Crippen LogP contribution in [0.3, 0.4) is 0 Å². The van der Waals surface area contributed by atoms with Gasteiger partial charge in [-0.15, -0.1) is 0 Å². The van der Waals surface area contributed by atoms with E-state index >= 15 is 0 Å². The predicted molar refractivity (Wildman–Crippen MR) is 55.3 cm³/mol. The van der Waals surface area contributed by atoms with Gasteiger partial charge >= 0.3 is 64.2 Å². The van der Waals surface area contributed by atoms with E-state index in [1.165, 1.54) is 20.9 Å². The fourth-order valence-corrected chi connectivity index (χ4v) is 0.282. The molecule has 2 N–H and O–H groups in total. The van der Waals surface area contributed by atoms with Gasteiger partial charge < -0.3 is 20.4 Å². The van der Waals surface area contributed by atoms with E-state index in [-0.39, 0.29) is 58.2 Å². The molecule has 0 saturated heterocycles. The van der Waals surface area contributed by atoms with Crippen molar-refractivity contribution in [2.45, 2.75) is 33.3 Å². The summed E-state index contributed by atoms with van der Waals surface area (Å²) in [6.45, 7) is 6.57. The van der Waals surface area contributed by atoms with Crippen molar-refractivity contribution < 1.29 is 77.6 Å². The summed E-state index contributed by atoms with van der Waals surface area (Å²) in [5.41, 5.74) is 4.76. The van der Waals surface area contributed by atoms with Crippen LogP contribution in [0, 0.1) is 0 Å². The number of ether oxygens (including phenoxy) is 1. The zero-order valence-electron chi connectivity index (χ0n) is 10.5. The SMILES string of the molecule is CC.CC(C)(C=O)OCC(=O)O.C[NH-].[Rb+]. The van der Waals surface area contributed by atoms with Gasteiger partial charge in [-0.25, -0.2) is 4.79 Å². The summed E-state index contributed by atoms with van der Waals surface area (Å²) in [7, 11) is 1.25. The first-order valence-corrected chi connectivity index (χ1v) is 4.30. The number of aldehydes is 1. The fraction of sp³-hybridized carbons (Fsp3) is 0.778. The molecule has 6 heteroatoms. The Morgan fingerprint density at radius 1 is 1.40 bits per heavy atom. The topological polar surface area (TPSA) is 87.4 Å². The van der Waals surface area contributed by atoms with Gasteiger partial charge in [-0.3, -0.25) is 0 Å². The summed E-state index contributed by atoms with van der Waals surface area (Å²) >= 11 is 0. The fourth-order valence-electron chi connectivity index (χ4n) is 0.282. The summed E-state index contributed by atoms with van der Waals surface area (Å²) in [5, 5.41) is 8.13. The van der Waals surface area contributed by atoms with Crippen molar-refractivity contribution in [2.24, 2.45) is 0 Å². The normalized spacial score (nSPS) is 8.13. The second kappa shape index (κ2) is 17.3. The molecule has 0 aromatic carbocycles. The summed E-state index contributed by atoms with van der Waals surface area (Å²) in [5.74, 6) is -1.07. The number of hydrogen-bond acceptors (Lipinski definition) is 3. The Morgan fingerprint density at radius 2 is 1.73 bits per heavy atom. The van der Waals surface area contributed by atoms with Gasteiger partial charge in [0.25, 0.3) is 0 Å². The number of carbonyl (C=O) groups is 2. The monoisotopic (exact) mass is 291 g/mol. The smallest absolute Gasteiger partial charge is 0.680 e. The molecular weight excluding hydrogens is 272 g/mol. The van der Waals surface area contributed by atoms with Crippen LogP contribution in [0.2, 0.25) is 0 Å². The second-order valence-corrected chi connectivity index (χ2v) is 2.40. The first-order chi connectivity index (χ1) is 6.48. The zero-order valence-corrected chi connectivity index (χ0v) is 15.4. The van der Waals surface area contributed by atoms with Crippen LogP contribution in [0.5, 0.6) is 0 Å². The third kappa shape index (κ3) is 25.3. The largest absolute Gasteiger partial charge is 1.00 e. The van der Waals surface area contributed by atoms with Crippen molar-refractivity contribution in [3.05, 3.63) is 5.73 Å². The van der Waals surface area contributed by atoms with Crippen LogP contribution in [0.15, 0.2) is 0 Å². The minimum Gasteiger partial charge on any atom is -0.680 e. The molecule has 0 bridgehead atoms. The molecular formula is C9H20NO4Rb. The summed E-state index contributed by atoms with van der Waals surface area (Å²) in [4.78, 5) is 20.0. The number of rotatable bonds is 4. The zero-order chi connectivity index (χ0) is 12.2. The van der Waals surface area contributed by atoms with E-state index in [1.807, 2.05) is 13.8 Å². The summed E-state index contributed by atoms with van der Waals surface area (Å²) in [6, 6.07) is 0. The third-order valence-corrected chi connectivity index (χ3v) is 0.851. The van der Waals surface area contributed by atoms with Crippen LogP contribution in [-0.4, -0.2) is 36.6 Å². The van der Waals surface area contributed by atoms with Gasteiger partial charge in [-0.2, -0.15) is 7.05 Å². The van der Waals surface area contributed by atoms with Gasteiger partial charge in [0.15, 0.2) is 6.29 Å². The molecule has 0 radical (unpaired) electrons. The molecule has 86 valence electrons. The molecule has 0 heterocycles. The van der Waals surface area contributed by atoms with Crippen molar-refractivity contribution in [2.75, 3.05) is 13.7 Å². The molecule has 0 rings (SSSR count). The Hall–Kier alpha value is 0.865. The van der Waals surface area contributed by atoms with Gasteiger partial charge in [0.2, 0.25) is 0 Å². The van der Waals surface area contributed by atoms with Crippen molar-refractivity contribution in [3.63, 3.8) is 0 Å². The molecule has 0 unspecified atom stereocenters. The molecule has 0 aliphatic heterocycles. The average molecular weight is 292 g/mol. The molecule has 5 nitrogen and oxygen atoms in total. The first-order valence-electron chi connectivity index (χ1n) is 4.30. The Labute approximate surface area is 141 Å².